The molecule has 0 saturated carbocycles. The van der Waals surface area contributed by atoms with E-state index in [2.05, 4.69) is 10.2 Å². The molecule has 1 aromatic heterocycles. The Hall–Kier alpha value is -2.22. The first-order chi connectivity index (χ1) is 8.86. The second kappa shape index (κ2) is 6.10. The molecule has 8 nitrogen and oxygen atoms in total. The van der Waals surface area contributed by atoms with Gasteiger partial charge in [0.2, 0.25) is 11.8 Å². The Balaban J connectivity index is 3.24. The molecule has 0 fully saturated rings. The summed E-state index contributed by atoms with van der Waals surface area (Å²) in [6, 6.07) is 0. The first-order valence-corrected chi connectivity index (χ1v) is 5.71. The smallest absolute Gasteiger partial charge is 0.237 e. The predicted molar refractivity (Wildman–Crippen MR) is 70.0 cm³/mol. The molecule has 0 aliphatic carbocycles. The molecule has 0 spiro atoms. The number of carbonyl (C=O) groups excluding carboxylic acids is 2. The van der Waals surface area contributed by atoms with E-state index in [0.29, 0.717) is 5.82 Å². The van der Waals surface area contributed by atoms with Gasteiger partial charge in [-0.05, 0) is 19.4 Å². The Labute approximate surface area is 110 Å². The van der Waals surface area contributed by atoms with E-state index in [0.717, 1.165) is 16.8 Å². The molecule has 0 aliphatic rings. The molecule has 0 bridgehead atoms. The van der Waals surface area contributed by atoms with Gasteiger partial charge < -0.3 is 22.1 Å². The highest BCUT2D eigenvalue weighted by atomic mass is 16.2. The van der Waals surface area contributed by atoms with Gasteiger partial charge in [-0.25, -0.2) is 0 Å². The molecule has 0 unspecified atom stereocenters. The third kappa shape index (κ3) is 3.62. The minimum atomic E-state index is -0.593. The van der Waals surface area contributed by atoms with Crippen LogP contribution in [-0.2, 0) is 16.1 Å². The highest BCUT2D eigenvalue weighted by molar-refractivity contribution is 5.84. The Morgan fingerprint density at radius 1 is 1.11 bits per heavy atom. The minimum Gasteiger partial charge on any atom is -0.368 e. The molecule has 1 heterocycles. The summed E-state index contributed by atoms with van der Waals surface area (Å²) < 4.78 is 0. The second-order valence-electron chi connectivity index (χ2n) is 4.21. The van der Waals surface area contributed by atoms with Crippen LogP contribution < -0.4 is 22.1 Å². The van der Waals surface area contributed by atoms with Crippen LogP contribution in [0.25, 0.3) is 0 Å². The molecular formula is C11H18N6O2. The van der Waals surface area contributed by atoms with Gasteiger partial charge in [-0.3, -0.25) is 9.59 Å². The number of aromatic nitrogens is 2. The van der Waals surface area contributed by atoms with Gasteiger partial charge >= 0.3 is 0 Å². The van der Waals surface area contributed by atoms with E-state index in [-0.39, 0.29) is 19.6 Å². The standard InChI is InChI=1S/C11H18N6O2/c1-6-7(2)15-16-11(8(6)3-12)17(4-9(13)18)5-10(14)19/h3-5,12H2,1-2H3,(H2,13,18)(H2,14,19). The van der Waals surface area contributed by atoms with Crippen molar-refractivity contribution in [1.29, 1.82) is 0 Å². The van der Waals surface area contributed by atoms with Crippen molar-refractivity contribution in [3.63, 3.8) is 0 Å². The number of anilines is 1. The fourth-order valence-corrected chi connectivity index (χ4v) is 1.72. The van der Waals surface area contributed by atoms with Crippen LogP contribution in [0.5, 0.6) is 0 Å². The van der Waals surface area contributed by atoms with E-state index in [1.54, 1.807) is 6.92 Å². The fourth-order valence-electron chi connectivity index (χ4n) is 1.72. The molecule has 0 aliphatic heterocycles. The molecular weight excluding hydrogens is 248 g/mol. The zero-order chi connectivity index (χ0) is 14.6. The van der Waals surface area contributed by atoms with Crippen LogP contribution in [0.15, 0.2) is 0 Å². The number of hydrogen-bond donors (Lipinski definition) is 3. The molecule has 1 rings (SSSR count). The molecule has 19 heavy (non-hydrogen) atoms. The molecule has 0 atom stereocenters. The van der Waals surface area contributed by atoms with Crippen LogP contribution >= 0.6 is 0 Å². The van der Waals surface area contributed by atoms with Crippen LogP contribution in [0, 0.1) is 13.8 Å². The number of carbonyl (C=O) groups is 2. The summed E-state index contributed by atoms with van der Waals surface area (Å²) in [4.78, 5) is 23.5. The minimum absolute atomic E-state index is 0.173. The number of primary amides is 2. The summed E-state index contributed by atoms with van der Waals surface area (Å²) in [5.74, 6) is -0.823. The van der Waals surface area contributed by atoms with Gasteiger partial charge in [0.25, 0.3) is 0 Å². The summed E-state index contributed by atoms with van der Waals surface area (Å²) in [5, 5.41) is 7.97. The van der Waals surface area contributed by atoms with Crippen LogP contribution in [0.4, 0.5) is 5.82 Å². The van der Waals surface area contributed by atoms with E-state index >= 15 is 0 Å². The maximum absolute atomic E-state index is 11.1. The zero-order valence-corrected chi connectivity index (χ0v) is 11.0. The van der Waals surface area contributed by atoms with Gasteiger partial charge in [-0.2, -0.15) is 5.10 Å². The van der Waals surface area contributed by atoms with Crippen molar-refractivity contribution in [3.8, 4) is 0 Å². The van der Waals surface area contributed by atoms with Crippen molar-refractivity contribution in [3.05, 3.63) is 16.8 Å². The molecule has 0 radical (unpaired) electrons. The van der Waals surface area contributed by atoms with E-state index in [4.69, 9.17) is 17.2 Å². The van der Waals surface area contributed by atoms with Gasteiger partial charge in [-0.15, -0.1) is 5.10 Å². The lowest BCUT2D eigenvalue weighted by Gasteiger charge is -2.23. The summed E-state index contributed by atoms with van der Waals surface area (Å²) in [6.45, 7) is 3.52. The van der Waals surface area contributed by atoms with Crippen LogP contribution in [0.2, 0.25) is 0 Å². The summed E-state index contributed by atoms with van der Waals surface area (Å²) in [7, 11) is 0. The van der Waals surface area contributed by atoms with Gasteiger partial charge in [0.1, 0.15) is 0 Å². The number of nitrogens with two attached hydrogens (primary N) is 3. The van der Waals surface area contributed by atoms with Crippen molar-refractivity contribution >= 4 is 17.6 Å². The van der Waals surface area contributed by atoms with E-state index in [1.807, 2.05) is 6.92 Å². The Morgan fingerprint density at radius 2 is 1.63 bits per heavy atom. The predicted octanol–water partition coefficient (Wildman–Crippen LogP) is -1.67. The van der Waals surface area contributed by atoms with Crippen molar-refractivity contribution in [2.45, 2.75) is 20.4 Å². The monoisotopic (exact) mass is 266 g/mol. The number of amides is 2. The van der Waals surface area contributed by atoms with Gasteiger partial charge in [0.05, 0.1) is 18.8 Å². The third-order valence-corrected chi connectivity index (χ3v) is 2.76. The molecule has 0 saturated heterocycles. The number of hydrogen-bond acceptors (Lipinski definition) is 6. The number of aryl methyl sites for hydroxylation is 1. The molecule has 0 aromatic carbocycles. The average molecular weight is 266 g/mol. The van der Waals surface area contributed by atoms with E-state index < -0.39 is 11.8 Å². The largest absolute Gasteiger partial charge is 0.368 e. The normalized spacial score (nSPS) is 10.3. The third-order valence-electron chi connectivity index (χ3n) is 2.76. The summed E-state index contributed by atoms with van der Waals surface area (Å²) in [6.07, 6.45) is 0. The lowest BCUT2D eigenvalue weighted by Crippen LogP contribution is -2.41. The molecule has 8 heteroatoms. The van der Waals surface area contributed by atoms with E-state index in [9.17, 15) is 9.59 Å². The lowest BCUT2D eigenvalue weighted by molar-refractivity contribution is -0.117. The average Bonchev–Trinajstić information content (AvgIpc) is 2.30. The van der Waals surface area contributed by atoms with E-state index in [1.165, 1.54) is 4.90 Å². The summed E-state index contributed by atoms with van der Waals surface area (Å²) in [5.41, 5.74) is 18.3. The maximum Gasteiger partial charge on any atom is 0.237 e. The Kier molecular flexibility index (Phi) is 4.76. The summed E-state index contributed by atoms with van der Waals surface area (Å²) >= 11 is 0. The number of nitrogens with zero attached hydrogens (tertiary/aromatic N) is 3. The highest BCUT2D eigenvalue weighted by Crippen LogP contribution is 2.21. The molecule has 2 amide bonds. The van der Waals surface area contributed by atoms with Gasteiger partial charge in [0.15, 0.2) is 5.82 Å². The second-order valence-corrected chi connectivity index (χ2v) is 4.21. The Bertz CT molecular complexity index is 486. The number of rotatable bonds is 6. The molecule has 104 valence electrons. The quantitative estimate of drug-likeness (QED) is 0.562. The first-order valence-electron chi connectivity index (χ1n) is 5.71. The van der Waals surface area contributed by atoms with Crippen LogP contribution in [-0.4, -0.2) is 35.1 Å². The molecule has 6 N–H and O–H groups in total. The highest BCUT2D eigenvalue weighted by Gasteiger charge is 2.19. The Morgan fingerprint density at radius 3 is 2.05 bits per heavy atom. The van der Waals surface area contributed by atoms with Crippen LogP contribution in [0.3, 0.4) is 0 Å². The fraction of sp³-hybridized carbons (Fsp3) is 0.455. The van der Waals surface area contributed by atoms with Crippen molar-refractivity contribution in [2.75, 3.05) is 18.0 Å². The zero-order valence-electron chi connectivity index (χ0n) is 11.0. The maximum atomic E-state index is 11.1. The van der Waals surface area contributed by atoms with Gasteiger partial charge in [0, 0.05) is 12.1 Å². The topological polar surface area (TPSA) is 141 Å². The SMILES string of the molecule is Cc1nnc(N(CC(N)=O)CC(N)=O)c(CN)c1C. The lowest BCUT2D eigenvalue weighted by atomic mass is 10.1. The van der Waals surface area contributed by atoms with Crippen LogP contribution in [0.1, 0.15) is 16.8 Å². The van der Waals surface area contributed by atoms with Crippen molar-refractivity contribution < 1.29 is 9.59 Å². The van der Waals surface area contributed by atoms with Crippen molar-refractivity contribution in [1.82, 2.24) is 10.2 Å². The molecule has 1 aromatic rings. The van der Waals surface area contributed by atoms with Gasteiger partial charge in [-0.1, -0.05) is 0 Å². The first kappa shape index (κ1) is 14.8. The van der Waals surface area contributed by atoms with Crippen molar-refractivity contribution in [2.24, 2.45) is 17.2 Å².